The van der Waals surface area contributed by atoms with Gasteiger partial charge in [0.05, 0.1) is 0 Å². The Kier molecular flexibility index (Phi) is 6.09. The summed E-state index contributed by atoms with van der Waals surface area (Å²) in [7, 11) is 0. The van der Waals surface area contributed by atoms with E-state index in [1.807, 2.05) is 0 Å². The molecule has 2 aliphatic rings. The van der Waals surface area contributed by atoms with Gasteiger partial charge in [-0.3, -0.25) is 4.79 Å². The first-order chi connectivity index (χ1) is 9.97. The SMILES string of the molecule is CC(C)CCN(C(=O)C1CC(C)CC(N)C1)C1CCCC1. The summed E-state index contributed by atoms with van der Waals surface area (Å²) in [6.45, 7) is 7.68. The van der Waals surface area contributed by atoms with Crippen molar-refractivity contribution in [2.45, 2.75) is 84.2 Å². The molecule has 0 heterocycles. The zero-order valence-electron chi connectivity index (χ0n) is 14.2. The smallest absolute Gasteiger partial charge is 0.225 e. The van der Waals surface area contributed by atoms with E-state index in [1.54, 1.807) is 0 Å². The Labute approximate surface area is 130 Å². The van der Waals surface area contributed by atoms with Crippen LogP contribution < -0.4 is 5.73 Å². The van der Waals surface area contributed by atoms with Gasteiger partial charge in [-0.1, -0.05) is 33.6 Å². The number of nitrogens with two attached hydrogens (primary N) is 1. The molecule has 0 aromatic rings. The molecular weight excluding hydrogens is 260 g/mol. The van der Waals surface area contributed by atoms with Gasteiger partial charge < -0.3 is 10.6 Å². The second-order valence-corrected chi connectivity index (χ2v) is 7.92. The van der Waals surface area contributed by atoms with Crippen LogP contribution in [-0.2, 0) is 4.79 Å². The van der Waals surface area contributed by atoms with E-state index >= 15 is 0 Å². The Balaban J connectivity index is 2.01. The van der Waals surface area contributed by atoms with Gasteiger partial charge in [-0.25, -0.2) is 0 Å². The Morgan fingerprint density at radius 1 is 1.19 bits per heavy atom. The van der Waals surface area contributed by atoms with Crippen LogP contribution in [0.5, 0.6) is 0 Å². The highest BCUT2D eigenvalue weighted by Crippen LogP contribution is 2.32. The van der Waals surface area contributed by atoms with E-state index in [9.17, 15) is 4.79 Å². The van der Waals surface area contributed by atoms with Gasteiger partial charge in [0.15, 0.2) is 0 Å². The molecule has 1 amide bonds. The van der Waals surface area contributed by atoms with E-state index in [0.717, 1.165) is 32.2 Å². The lowest BCUT2D eigenvalue weighted by atomic mass is 9.79. The molecule has 0 aromatic heterocycles. The lowest BCUT2D eigenvalue weighted by molar-refractivity contribution is -0.139. The molecule has 0 radical (unpaired) electrons. The third kappa shape index (κ3) is 4.70. The highest BCUT2D eigenvalue weighted by atomic mass is 16.2. The Morgan fingerprint density at radius 2 is 1.86 bits per heavy atom. The standard InChI is InChI=1S/C18H34N2O/c1-13(2)8-9-20(17-6-4-5-7-17)18(21)15-10-14(3)11-16(19)12-15/h13-17H,4-12,19H2,1-3H3. The molecule has 2 fully saturated rings. The first-order valence-electron chi connectivity index (χ1n) is 9.03. The van der Waals surface area contributed by atoms with Crippen LogP contribution in [0.4, 0.5) is 0 Å². The maximum absolute atomic E-state index is 13.1. The summed E-state index contributed by atoms with van der Waals surface area (Å²) < 4.78 is 0. The third-order valence-corrected chi connectivity index (χ3v) is 5.32. The van der Waals surface area contributed by atoms with Gasteiger partial charge in [0.2, 0.25) is 5.91 Å². The average Bonchev–Trinajstić information content (AvgIpc) is 2.91. The fourth-order valence-corrected chi connectivity index (χ4v) is 4.18. The molecule has 21 heavy (non-hydrogen) atoms. The maximum atomic E-state index is 13.1. The molecule has 3 atom stereocenters. The van der Waals surface area contributed by atoms with E-state index in [0.29, 0.717) is 23.8 Å². The largest absolute Gasteiger partial charge is 0.339 e. The van der Waals surface area contributed by atoms with E-state index in [4.69, 9.17) is 5.73 Å². The normalized spacial score (nSPS) is 30.8. The molecule has 0 spiro atoms. The monoisotopic (exact) mass is 294 g/mol. The van der Waals surface area contributed by atoms with Crippen LogP contribution in [-0.4, -0.2) is 29.4 Å². The van der Waals surface area contributed by atoms with Gasteiger partial charge in [0.1, 0.15) is 0 Å². The molecule has 2 aliphatic carbocycles. The summed E-state index contributed by atoms with van der Waals surface area (Å²) >= 11 is 0. The molecule has 2 saturated carbocycles. The van der Waals surface area contributed by atoms with Gasteiger partial charge in [-0.15, -0.1) is 0 Å². The number of amides is 1. The second kappa shape index (κ2) is 7.62. The van der Waals surface area contributed by atoms with Crippen molar-refractivity contribution in [2.24, 2.45) is 23.5 Å². The van der Waals surface area contributed by atoms with Crippen molar-refractivity contribution in [1.29, 1.82) is 0 Å². The van der Waals surface area contributed by atoms with Gasteiger partial charge in [-0.2, -0.15) is 0 Å². The fraction of sp³-hybridized carbons (Fsp3) is 0.944. The lowest BCUT2D eigenvalue weighted by Gasteiger charge is -2.37. The first-order valence-corrected chi connectivity index (χ1v) is 9.03. The van der Waals surface area contributed by atoms with Crippen molar-refractivity contribution in [1.82, 2.24) is 4.90 Å². The minimum Gasteiger partial charge on any atom is -0.339 e. The van der Waals surface area contributed by atoms with Crippen LogP contribution in [0.15, 0.2) is 0 Å². The molecule has 3 unspecified atom stereocenters. The number of carbonyl (C=O) groups is 1. The molecule has 0 aliphatic heterocycles. The summed E-state index contributed by atoms with van der Waals surface area (Å²) in [4.78, 5) is 15.3. The van der Waals surface area contributed by atoms with Crippen molar-refractivity contribution in [3.05, 3.63) is 0 Å². The minimum atomic E-state index is 0.177. The molecular formula is C18H34N2O. The molecule has 3 nitrogen and oxygen atoms in total. The van der Waals surface area contributed by atoms with Crippen LogP contribution in [0.1, 0.15) is 72.1 Å². The van der Waals surface area contributed by atoms with Crippen LogP contribution in [0.25, 0.3) is 0 Å². The number of hydrogen-bond acceptors (Lipinski definition) is 2. The van der Waals surface area contributed by atoms with E-state index in [1.165, 1.54) is 25.7 Å². The fourth-order valence-electron chi connectivity index (χ4n) is 4.18. The Hall–Kier alpha value is -0.570. The zero-order chi connectivity index (χ0) is 15.4. The van der Waals surface area contributed by atoms with Crippen molar-refractivity contribution < 1.29 is 4.79 Å². The van der Waals surface area contributed by atoms with Crippen molar-refractivity contribution in [3.8, 4) is 0 Å². The van der Waals surface area contributed by atoms with Gasteiger partial charge in [-0.05, 0) is 50.4 Å². The molecule has 122 valence electrons. The number of hydrogen-bond donors (Lipinski definition) is 1. The van der Waals surface area contributed by atoms with Crippen LogP contribution >= 0.6 is 0 Å². The zero-order valence-corrected chi connectivity index (χ0v) is 14.2. The first kappa shape index (κ1) is 16.8. The van der Waals surface area contributed by atoms with E-state index < -0.39 is 0 Å². The predicted molar refractivity (Wildman–Crippen MR) is 87.9 cm³/mol. The van der Waals surface area contributed by atoms with Gasteiger partial charge in [0.25, 0.3) is 0 Å². The van der Waals surface area contributed by atoms with Gasteiger partial charge >= 0.3 is 0 Å². The van der Waals surface area contributed by atoms with Crippen LogP contribution in [0, 0.1) is 17.8 Å². The molecule has 2 rings (SSSR count). The van der Waals surface area contributed by atoms with Crippen molar-refractivity contribution in [3.63, 3.8) is 0 Å². The van der Waals surface area contributed by atoms with Crippen molar-refractivity contribution >= 4 is 5.91 Å². The lowest BCUT2D eigenvalue weighted by Crippen LogP contribution is -2.46. The summed E-state index contributed by atoms with van der Waals surface area (Å²) in [5.41, 5.74) is 6.16. The molecule has 0 bridgehead atoms. The second-order valence-electron chi connectivity index (χ2n) is 7.92. The van der Waals surface area contributed by atoms with Gasteiger partial charge in [0, 0.05) is 24.5 Å². The molecule has 0 aromatic carbocycles. The minimum absolute atomic E-state index is 0.177. The average molecular weight is 294 g/mol. The number of carbonyl (C=O) groups excluding carboxylic acids is 1. The quantitative estimate of drug-likeness (QED) is 0.842. The van der Waals surface area contributed by atoms with Crippen molar-refractivity contribution in [2.75, 3.05) is 6.54 Å². The molecule has 2 N–H and O–H groups in total. The number of nitrogens with zero attached hydrogens (tertiary/aromatic N) is 1. The highest BCUT2D eigenvalue weighted by Gasteiger charge is 2.35. The summed E-state index contributed by atoms with van der Waals surface area (Å²) in [6, 6.07) is 0.725. The summed E-state index contributed by atoms with van der Waals surface area (Å²) in [5.74, 6) is 1.84. The third-order valence-electron chi connectivity index (χ3n) is 5.32. The predicted octanol–water partition coefficient (Wildman–Crippen LogP) is 3.57. The van der Waals surface area contributed by atoms with E-state index in [-0.39, 0.29) is 12.0 Å². The summed E-state index contributed by atoms with van der Waals surface area (Å²) in [6.07, 6.45) is 9.13. The topological polar surface area (TPSA) is 46.3 Å². The maximum Gasteiger partial charge on any atom is 0.225 e. The Bertz CT molecular complexity index is 326. The van der Waals surface area contributed by atoms with Crippen LogP contribution in [0.2, 0.25) is 0 Å². The highest BCUT2D eigenvalue weighted by molar-refractivity contribution is 5.79. The van der Waals surface area contributed by atoms with Crippen LogP contribution in [0.3, 0.4) is 0 Å². The van der Waals surface area contributed by atoms with E-state index in [2.05, 4.69) is 25.7 Å². The summed E-state index contributed by atoms with van der Waals surface area (Å²) in [5, 5.41) is 0. The number of rotatable bonds is 5. The molecule has 3 heteroatoms. The Morgan fingerprint density at radius 3 is 2.43 bits per heavy atom. The molecule has 0 saturated heterocycles.